The summed E-state index contributed by atoms with van der Waals surface area (Å²) in [6.07, 6.45) is 7.19. The molecule has 1 aromatic heterocycles. The number of piperidine rings is 1. The number of amides is 1. The molecule has 1 aromatic carbocycles. The first kappa shape index (κ1) is 14.7. The maximum atomic E-state index is 13.7. The van der Waals surface area contributed by atoms with E-state index in [-0.39, 0.29) is 11.5 Å². The molecule has 0 N–H and O–H groups in total. The van der Waals surface area contributed by atoms with Gasteiger partial charge in [-0.25, -0.2) is 13.8 Å². The number of halogens is 2. The number of carbonyl (C=O) groups is 1. The van der Waals surface area contributed by atoms with Gasteiger partial charge in [-0.3, -0.25) is 4.79 Å². The molecule has 1 aliphatic rings. The van der Waals surface area contributed by atoms with Crippen molar-refractivity contribution in [1.82, 2.24) is 14.5 Å². The Labute approximate surface area is 127 Å². The summed E-state index contributed by atoms with van der Waals surface area (Å²) >= 11 is 0. The molecule has 0 bridgehead atoms. The van der Waals surface area contributed by atoms with Gasteiger partial charge in [0, 0.05) is 38.1 Å². The predicted octanol–water partition coefficient (Wildman–Crippen LogP) is 2.71. The molecular weight excluding hydrogens is 288 g/mol. The van der Waals surface area contributed by atoms with Crippen molar-refractivity contribution in [3.8, 4) is 0 Å². The summed E-state index contributed by atoms with van der Waals surface area (Å²) in [5, 5.41) is 0. The van der Waals surface area contributed by atoms with E-state index in [1.54, 1.807) is 17.4 Å². The molecule has 6 heteroatoms. The Morgan fingerprint density at radius 3 is 2.68 bits per heavy atom. The van der Waals surface area contributed by atoms with E-state index in [1.165, 1.54) is 6.07 Å². The number of rotatable bonds is 3. The average Bonchev–Trinajstić information content (AvgIpc) is 3.00. The summed E-state index contributed by atoms with van der Waals surface area (Å²) < 4.78 is 28.6. The highest BCUT2D eigenvalue weighted by Crippen LogP contribution is 2.21. The van der Waals surface area contributed by atoms with Crippen LogP contribution < -0.4 is 0 Å². The highest BCUT2D eigenvalue weighted by molar-refractivity contribution is 5.94. The Balaban J connectivity index is 1.60. The number of hydrogen-bond acceptors (Lipinski definition) is 2. The molecule has 0 aliphatic carbocycles. The quantitative estimate of drug-likeness (QED) is 0.874. The lowest BCUT2D eigenvalue weighted by molar-refractivity contribution is 0.0678. The number of imidazole rings is 1. The molecule has 0 spiro atoms. The Morgan fingerprint density at radius 1 is 1.27 bits per heavy atom. The minimum absolute atomic E-state index is 0.0607. The van der Waals surface area contributed by atoms with E-state index >= 15 is 0 Å². The fraction of sp³-hybridized carbons (Fsp3) is 0.375. The van der Waals surface area contributed by atoms with Crippen molar-refractivity contribution < 1.29 is 13.6 Å². The van der Waals surface area contributed by atoms with Crippen molar-refractivity contribution in [1.29, 1.82) is 0 Å². The summed E-state index contributed by atoms with van der Waals surface area (Å²) in [5.41, 5.74) is -0.0607. The van der Waals surface area contributed by atoms with Crippen molar-refractivity contribution in [2.45, 2.75) is 19.4 Å². The van der Waals surface area contributed by atoms with Crippen molar-refractivity contribution in [2.75, 3.05) is 13.1 Å². The van der Waals surface area contributed by atoms with Crippen LogP contribution in [-0.2, 0) is 6.54 Å². The van der Waals surface area contributed by atoms with Crippen LogP contribution in [0.1, 0.15) is 23.2 Å². The van der Waals surface area contributed by atoms with Crippen LogP contribution in [0.2, 0.25) is 0 Å². The zero-order chi connectivity index (χ0) is 15.5. The van der Waals surface area contributed by atoms with E-state index in [0.29, 0.717) is 19.0 Å². The third-order valence-corrected chi connectivity index (χ3v) is 4.09. The highest BCUT2D eigenvalue weighted by atomic mass is 19.1. The summed E-state index contributed by atoms with van der Waals surface area (Å²) in [4.78, 5) is 18.0. The smallest absolute Gasteiger partial charge is 0.256 e. The molecule has 1 saturated heterocycles. The normalized spacial score (nSPS) is 16.0. The average molecular weight is 305 g/mol. The van der Waals surface area contributed by atoms with Crippen molar-refractivity contribution in [2.24, 2.45) is 5.92 Å². The van der Waals surface area contributed by atoms with E-state index < -0.39 is 11.6 Å². The summed E-state index contributed by atoms with van der Waals surface area (Å²) in [7, 11) is 0. The second kappa shape index (κ2) is 6.25. The lowest BCUT2D eigenvalue weighted by atomic mass is 9.96. The minimum Gasteiger partial charge on any atom is -0.339 e. The highest BCUT2D eigenvalue weighted by Gasteiger charge is 2.25. The van der Waals surface area contributed by atoms with E-state index in [2.05, 4.69) is 4.98 Å². The summed E-state index contributed by atoms with van der Waals surface area (Å²) in [6.45, 7) is 2.07. The molecule has 1 aliphatic heterocycles. The van der Waals surface area contributed by atoms with Gasteiger partial charge in [0.05, 0.1) is 11.9 Å². The van der Waals surface area contributed by atoms with E-state index in [1.807, 2.05) is 10.8 Å². The molecule has 0 atom stereocenters. The molecule has 2 aromatic rings. The Morgan fingerprint density at radius 2 is 2.05 bits per heavy atom. The van der Waals surface area contributed by atoms with Crippen LogP contribution >= 0.6 is 0 Å². The maximum absolute atomic E-state index is 13.7. The van der Waals surface area contributed by atoms with Gasteiger partial charge in [-0.2, -0.15) is 0 Å². The second-order valence-electron chi connectivity index (χ2n) is 5.62. The van der Waals surface area contributed by atoms with Crippen LogP contribution in [0.15, 0.2) is 36.9 Å². The molecule has 1 fully saturated rings. The van der Waals surface area contributed by atoms with E-state index in [9.17, 15) is 13.6 Å². The molecule has 2 heterocycles. The van der Waals surface area contributed by atoms with Crippen LogP contribution in [0.4, 0.5) is 8.78 Å². The number of benzene rings is 1. The minimum atomic E-state index is -0.800. The zero-order valence-corrected chi connectivity index (χ0v) is 12.1. The Hall–Kier alpha value is -2.24. The Kier molecular flexibility index (Phi) is 4.18. The largest absolute Gasteiger partial charge is 0.339 e. The van der Waals surface area contributed by atoms with Crippen LogP contribution in [0.3, 0.4) is 0 Å². The summed E-state index contributed by atoms with van der Waals surface area (Å²) in [5.74, 6) is -1.35. The molecule has 3 rings (SSSR count). The van der Waals surface area contributed by atoms with E-state index in [0.717, 1.165) is 31.5 Å². The number of hydrogen-bond donors (Lipinski definition) is 0. The van der Waals surface area contributed by atoms with Gasteiger partial charge in [-0.1, -0.05) is 0 Å². The monoisotopic (exact) mass is 305 g/mol. The van der Waals surface area contributed by atoms with Crippen molar-refractivity contribution >= 4 is 5.91 Å². The molecule has 0 unspecified atom stereocenters. The first-order chi connectivity index (χ1) is 10.6. The van der Waals surface area contributed by atoms with Crippen molar-refractivity contribution in [3.05, 3.63) is 54.1 Å². The van der Waals surface area contributed by atoms with Crippen LogP contribution in [0.5, 0.6) is 0 Å². The topological polar surface area (TPSA) is 38.1 Å². The van der Waals surface area contributed by atoms with Crippen molar-refractivity contribution in [3.63, 3.8) is 0 Å². The number of likely N-dealkylation sites (tertiary alicyclic amines) is 1. The van der Waals surface area contributed by atoms with Gasteiger partial charge in [-0.05, 0) is 30.9 Å². The first-order valence-electron chi connectivity index (χ1n) is 7.33. The zero-order valence-electron chi connectivity index (χ0n) is 12.1. The lowest BCUT2D eigenvalue weighted by Gasteiger charge is -2.32. The predicted molar refractivity (Wildman–Crippen MR) is 77.2 cm³/mol. The van der Waals surface area contributed by atoms with Crippen LogP contribution in [0, 0.1) is 17.6 Å². The number of nitrogens with zero attached hydrogens (tertiary/aromatic N) is 3. The molecule has 4 nitrogen and oxygen atoms in total. The third-order valence-electron chi connectivity index (χ3n) is 4.09. The van der Waals surface area contributed by atoms with Gasteiger partial charge >= 0.3 is 0 Å². The van der Waals surface area contributed by atoms with Gasteiger partial charge in [0.1, 0.15) is 11.6 Å². The number of carbonyl (C=O) groups excluding carboxylic acids is 1. The third kappa shape index (κ3) is 3.16. The fourth-order valence-electron chi connectivity index (χ4n) is 2.84. The summed E-state index contributed by atoms with van der Waals surface area (Å²) in [6, 6.07) is 3.08. The molecular formula is C16H17F2N3O. The maximum Gasteiger partial charge on any atom is 0.256 e. The SMILES string of the molecule is O=C(c1ccc(F)cc1F)N1CCC(Cn2ccnc2)CC1. The molecule has 0 saturated carbocycles. The standard InChI is InChI=1S/C16H17F2N3O/c17-13-1-2-14(15(18)9-13)16(22)21-6-3-12(4-7-21)10-20-8-5-19-11-20/h1-2,5,8-9,11-12H,3-4,6-7,10H2. The van der Waals surface area contributed by atoms with E-state index in [4.69, 9.17) is 0 Å². The Bertz CT molecular complexity index is 649. The van der Waals surface area contributed by atoms with Crippen LogP contribution in [-0.4, -0.2) is 33.4 Å². The number of aromatic nitrogens is 2. The molecule has 1 amide bonds. The molecule has 0 radical (unpaired) electrons. The van der Waals surface area contributed by atoms with Gasteiger partial charge in [-0.15, -0.1) is 0 Å². The van der Waals surface area contributed by atoms with Gasteiger partial charge in [0.25, 0.3) is 5.91 Å². The lowest BCUT2D eigenvalue weighted by Crippen LogP contribution is -2.39. The second-order valence-corrected chi connectivity index (χ2v) is 5.62. The molecule has 116 valence electrons. The fourth-order valence-corrected chi connectivity index (χ4v) is 2.84. The van der Waals surface area contributed by atoms with Gasteiger partial charge in [0.15, 0.2) is 0 Å². The van der Waals surface area contributed by atoms with Gasteiger partial charge < -0.3 is 9.47 Å². The van der Waals surface area contributed by atoms with Gasteiger partial charge in [0.2, 0.25) is 0 Å². The van der Waals surface area contributed by atoms with Crippen LogP contribution in [0.25, 0.3) is 0 Å². The molecule has 22 heavy (non-hydrogen) atoms. The first-order valence-corrected chi connectivity index (χ1v) is 7.33.